The average Bonchev–Trinajstić information content (AvgIpc) is 2.56. The molecule has 0 spiro atoms. The lowest BCUT2D eigenvalue weighted by Gasteiger charge is -2.01. The fraction of sp³-hybridized carbons (Fsp3) is 0. The van der Waals surface area contributed by atoms with Crippen molar-refractivity contribution in [2.75, 3.05) is 5.73 Å². The van der Waals surface area contributed by atoms with Crippen LogP contribution in [0.2, 0.25) is 5.02 Å². The molecule has 0 aliphatic rings. The lowest BCUT2D eigenvalue weighted by molar-refractivity contribution is 0.568. The van der Waals surface area contributed by atoms with Gasteiger partial charge in [0, 0.05) is 16.8 Å². The van der Waals surface area contributed by atoms with Crippen molar-refractivity contribution < 1.29 is 4.42 Å². The predicted octanol–water partition coefficient (Wildman–Crippen LogP) is 3.18. The molecule has 2 nitrogen and oxygen atoms in total. The number of furan rings is 1. The van der Waals surface area contributed by atoms with Gasteiger partial charge in [0.1, 0.15) is 0 Å². The summed E-state index contributed by atoms with van der Waals surface area (Å²) in [6.07, 6.45) is 3.26. The molecule has 0 radical (unpaired) electrons. The second-order valence-electron chi connectivity index (χ2n) is 2.75. The highest BCUT2D eigenvalue weighted by Gasteiger charge is 2.03. The maximum Gasteiger partial charge on any atom is 0.0981 e. The molecular weight excluding hydrogens is 186 g/mol. The van der Waals surface area contributed by atoms with Crippen molar-refractivity contribution in [2.45, 2.75) is 0 Å². The van der Waals surface area contributed by atoms with Crippen molar-refractivity contribution in [1.82, 2.24) is 0 Å². The summed E-state index contributed by atoms with van der Waals surface area (Å²) < 4.78 is 4.96. The third kappa shape index (κ3) is 1.53. The van der Waals surface area contributed by atoms with Crippen molar-refractivity contribution in [3.8, 4) is 11.1 Å². The number of nitrogens with two attached hydrogens (primary N) is 1. The van der Waals surface area contributed by atoms with Gasteiger partial charge in [-0.3, -0.25) is 0 Å². The molecule has 3 heteroatoms. The summed E-state index contributed by atoms with van der Waals surface area (Å²) in [4.78, 5) is 0. The molecule has 13 heavy (non-hydrogen) atoms. The van der Waals surface area contributed by atoms with Gasteiger partial charge in [-0.05, 0) is 18.2 Å². The van der Waals surface area contributed by atoms with Gasteiger partial charge < -0.3 is 10.2 Å². The first-order valence-corrected chi connectivity index (χ1v) is 4.23. The predicted molar refractivity (Wildman–Crippen MR) is 53.6 cm³/mol. The molecule has 66 valence electrons. The summed E-state index contributed by atoms with van der Waals surface area (Å²) in [5.74, 6) is 0. The van der Waals surface area contributed by atoms with E-state index in [1.165, 1.54) is 0 Å². The van der Waals surface area contributed by atoms with Crippen LogP contribution in [0.5, 0.6) is 0 Å². The zero-order valence-electron chi connectivity index (χ0n) is 6.83. The molecule has 0 aliphatic carbocycles. The molecule has 2 N–H and O–H groups in total. The Bertz CT molecular complexity index is 409. The van der Waals surface area contributed by atoms with Crippen LogP contribution in [0.4, 0.5) is 5.69 Å². The fourth-order valence-electron chi connectivity index (χ4n) is 1.18. The first-order chi connectivity index (χ1) is 6.27. The molecule has 0 atom stereocenters. The Morgan fingerprint density at radius 3 is 2.69 bits per heavy atom. The lowest BCUT2D eigenvalue weighted by Crippen LogP contribution is -1.84. The van der Waals surface area contributed by atoms with Crippen LogP contribution in [0.25, 0.3) is 11.1 Å². The topological polar surface area (TPSA) is 39.2 Å². The van der Waals surface area contributed by atoms with Gasteiger partial charge in [-0.2, -0.15) is 0 Å². The summed E-state index contributed by atoms with van der Waals surface area (Å²) in [5, 5.41) is 0.640. The van der Waals surface area contributed by atoms with Gasteiger partial charge >= 0.3 is 0 Å². The van der Waals surface area contributed by atoms with Crippen LogP contribution in [-0.4, -0.2) is 0 Å². The van der Waals surface area contributed by atoms with Crippen LogP contribution in [0.15, 0.2) is 41.2 Å². The minimum absolute atomic E-state index is 0.640. The highest BCUT2D eigenvalue weighted by molar-refractivity contribution is 6.33. The second kappa shape index (κ2) is 3.15. The molecule has 0 unspecified atom stereocenters. The van der Waals surface area contributed by atoms with Crippen molar-refractivity contribution in [1.29, 1.82) is 0 Å². The van der Waals surface area contributed by atoms with Crippen molar-refractivity contribution >= 4 is 17.3 Å². The van der Waals surface area contributed by atoms with Gasteiger partial charge in [0.05, 0.1) is 17.5 Å². The average molecular weight is 194 g/mol. The molecule has 1 heterocycles. The van der Waals surface area contributed by atoms with E-state index in [1.807, 2.05) is 18.2 Å². The first-order valence-electron chi connectivity index (χ1n) is 3.85. The number of rotatable bonds is 1. The Labute approximate surface area is 80.9 Å². The number of nitrogen functional groups attached to an aromatic ring is 1. The normalized spacial score (nSPS) is 10.2. The van der Waals surface area contributed by atoms with Crippen LogP contribution in [0.1, 0.15) is 0 Å². The lowest BCUT2D eigenvalue weighted by atomic mass is 10.1. The minimum atomic E-state index is 0.640. The molecule has 0 fully saturated rings. The zero-order valence-corrected chi connectivity index (χ0v) is 7.58. The highest BCUT2D eigenvalue weighted by Crippen LogP contribution is 2.29. The zero-order chi connectivity index (χ0) is 9.26. The maximum atomic E-state index is 6.00. The van der Waals surface area contributed by atoms with Gasteiger partial charge in [-0.25, -0.2) is 0 Å². The summed E-state index contributed by atoms with van der Waals surface area (Å²) in [5.41, 5.74) is 8.13. The Hall–Kier alpha value is -1.41. The van der Waals surface area contributed by atoms with E-state index in [2.05, 4.69) is 0 Å². The van der Waals surface area contributed by atoms with Crippen molar-refractivity contribution in [3.63, 3.8) is 0 Å². The number of halogens is 1. The number of hydrogen-bond donors (Lipinski definition) is 1. The summed E-state index contributed by atoms with van der Waals surface area (Å²) in [6.45, 7) is 0. The molecule has 0 bridgehead atoms. The minimum Gasteiger partial charge on any atom is -0.472 e. The molecule has 1 aromatic heterocycles. The third-order valence-electron chi connectivity index (χ3n) is 1.83. The highest BCUT2D eigenvalue weighted by atomic mass is 35.5. The smallest absolute Gasteiger partial charge is 0.0981 e. The second-order valence-corrected chi connectivity index (χ2v) is 3.16. The fourth-order valence-corrected chi connectivity index (χ4v) is 1.48. The Morgan fingerprint density at radius 2 is 2.08 bits per heavy atom. The van der Waals surface area contributed by atoms with E-state index in [9.17, 15) is 0 Å². The van der Waals surface area contributed by atoms with E-state index >= 15 is 0 Å². The van der Waals surface area contributed by atoms with E-state index in [-0.39, 0.29) is 0 Å². The monoisotopic (exact) mass is 193 g/mol. The van der Waals surface area contributed by atoms with Crippen LogP contribution in [-0.2, 0) is 0 Å². The summed E-state index contributed by atoms with van der Waals surface area (Å²) in [7, 11) is 0. The summed E-state index contributed by atoms with van der Waals surface area (Å²) in [6, 6.07) is 7.28. The van der Waals surface area contributed by atoms with E-state index < -0.39 is 0 Å². The standard InChI is InChI=1S/C10H8ClNO/c11-10-5-8(12)1-2-9(10)7-3-4-13-6-7/h1-6H,12H2. The van der Waals surface area contributed by atoms with E-state index in [0.717, 1.165) is 11.1 Å². The van der Waals surface area contributed by atoms with Gasteiger partial charge in [0.25, 0.3) is 0 Å². The molecular formula is C10H8ClNO. The van der Waals surface area contributed by atoms with Crippen LogP contribution in [0, 0.1) is 0 Å². The van der Waals surface area contributed by atoms with Crippen LogP contribution >= 0.6 is 11.6 Å². The van der Waals surface area contributed by atoms with E-state index in [4.69, 9.17) is 21.8 Å². The van der Waals surface area contributed by atoms with Gasteiger partial charge in [0.2, 0.25) is 0 Å². The van der Waals surface area contributed by atoms with Gasteiger partial charge in [-0.15, -0.1) is 0 Å². The SMILES string of the molecule is Nc1ccc(-c2ccoc2)c(Cl)c1. The molecule has 1 aromatic carbocycles. The quantitative estimate of drug-likeness (QED) is 0.707. The summed E-state index contributed by atoms with van der Waals surface area (Å²) >= 11 is 6.00. The third-order valence-corrected chi connectivity index (χ3v) is 2.14. The molecule has 2 aromatic rings. The molecule has 0 saturated heterocycles. The van der Waals surface area contributed by atoms with Crippen molar-refractivity contribution in [2.24, 2.45) is 0 Å². The molecule has 0 amide bonds. The van der Waals surface area contributed by atoms with Crippen LogP contribution < -0.4 is 5.73 Å². The Morgan fingerprint density at radius 1 is 1.23 bits per heavy atom. The maximum absolute atomic E-state index is 6.00. The number of hydrogen-bond acceptors (Lipinski definition) is 2. The molecule has 0 saturated carbocycles. The Balaban J connectivity index is 2.53. The first kappa shape index (κ1) is 8.20. The molecule has 2 rings (SSSR count). The number of anilines is 1. The van der Waals surface area contributed by atoms with E-state index in [1.54, 1.807) is 18.6 Å². The number of benzene rings is 1. The molecule has 0 aliphatic heterocycles. The van der Waals surface area contributed by atoms with E-state index in [0.29, 0.717) is 10.7 Å². The van der Waals surface area contributed by atoms with Crippen LogP contribution in [0.3, 0.4) is 0 Å². The van der Waals surface area contributed by atoms with Gasteiger partial charge in [-0.1, -0.05) is 17.7 Å². The van der Waals surface area contributed by atoms with Gasteiger partial charge in [0.15, 0.2) is 0 Å². The van der Waals surface area contributed by atoms with Crippen molar-refractivity contribution in [3.05, 3.63) is 41.8 Å². The Kier molecular flexibility index (Phi) is 1.99. The largest absolute Gasteiger partial charge is 0.472 e.